The summed E-state index contributed by atoms with van der Waals surface area (Å²) in [5, 5.41) is 20.9. The molecule has 0 saturated carbocycles. The summed E-state index contributed by atoms with van der Waals surface area (Å²) in [6.45, 7) is 4.47. The summed E-state index contributed by atoms with van der Waals surface area (Å²) in [5.74, 6) is -0.257. The number of hydrogen-bond acceptors (Lipinski definition) is 4. The van der Waals surface area contributed by atoms with E-state index in [0.717, 1.165) is 5.56 Å². The Hall–Kier alpha value is -2.21. The molecule has 26 heavy (non-hydrogen) atoms. The summed E-state index contributed by atoms with van der Waals surface area (Å²) in [6.07, 6.45) is -1.68. The number of hydrogen-bond donors (Lipinski definition) is 2. The van der Waals surface area contributed by atoms with Crippen molar-refractivity contribution in [1.29, 1.82) is 0 Å². The van der Waals surface area contributed by atoms with Crippen molar-refractivity contribution in [2.24, 2.45) is 0 Å². The molecule has 1 heterocycles. The first-order valence-electron chi connectivity index (χ1n) is 9.07. The van der Waals surface area contributed by atoms with E-state index in [2.05, 4.69) is 4.90 Å². The van der Waals surface area contributed by atoms with Crippen molar-refractivity contribution in [1.82, 2.24) is 9.80 Å². The molecule has 1 aliphatic rings. The molecular weight excluding hydrogens is 328 g/mol. The third-order valence-corrected chi connectivity index (χ3v) is 5.15. The number of amides is 1. The average Bonchev–Trinajstić information content (AvgIpc) is 2.73. The lowest BCUT2D eigenvalue weighted by Crippen LogP contribution is -2.53. The Balaban J connectivity index is 1.56. The molecule has 5 nitrogen and oxygen atoms in total. The van der Waals surface area contributed by atoms with E-state index in [1.807, 2.05) is 55.5 Å². The Bertz CT molecular complexity index is 700. The molecule has 2 aromatic rings. The molecule has 0 spiro atoms. The van der Waals surface area contributed by atoms with Gasteiger partial charge in [-0.25, -0.2) is 0 Å². The molecule has 138 valence electrons. The molecule has 5 heteroatoms. The maximum Gasteiger partial charge on any atom is 0.256 e. The molecule has 0 bridgehead atoms. The van der Waals surface area contributed by atoms with Crippen molar-refractivity contribution < 1.29 is 15.0 Å². The summed E-state index contributed by atoms with van der Waals surface area (Å²) < 4.78 is 0. The average molecular weight is 354 g/mol. The minimum atomic E-state index is -1.12. The minimum Gasteiger partial charge on any atom is -0.387 e. The van der Waals surface area contributed by atoms with Crippen LogP contribution in [-0.2, 0) is 4.79 Å². The molecule has 1 fully saturated rings. The van der Waals surface area contributed by atoms with E-state index in [9.17, 15) is 15.0 Å². The minimum absolute atomic E-state index is 0.0336. The Morgan fingerprint density at radius 2 is 1.35 bits per heavy atom. The maximum absolute atomic E-state index is 12.5. The van der Waals surface area contributed by atoms with E-state index in [1.54, 1.807) is 17.0 Å². The van der Waals surface area contributed by atoms with Crippen molar-refractivity contribution in [2.75, 3.05) is 26.2 Å². The first kappa shape index (κ1) is 18.6. The third-order valence-electron chi connectivity index (χ3n) is 5.15. The molecule has 2 aromatic carbocycles. The predicted octanol–water partition coefficient (Wildman–Crippen LogP) is 1.99. The number of aliphatic hydroxyl groups is 2. The molecular formula is C21H26N2O3. The van der Waals surface area contributed by atoms with Gasteiger partial charge in [0.15, 0.2) is 6.10 Å². The molecule has 3 rings (SSSR count). The van der Waals surface area contributed by atoms with Crippen LogP contribution >= 0.6 is 0 Å². The SMILES string of the molecule is CC(C(O)c1ccccc1)N1CCN(C(=O)C(O)c2ccccc2)CC1. The van der Waals surface area contributed by atoms with Gasteiger partial charge in [-0.2, -0.15) is 0 Å². The topological polar surface area (TPSA) is 64.0 Å². The van der Waals surface area contributed by atoms with E-state index in [4.69, 9.17) is 0 Å². The van der Waals surface area contributed by atoms with Crippen molar-refractivity contribution >= 4 is 5.91 Å². The second-order valence-electron chi connectivity index (χ2n) is 6.77. The van der Waals surface area contributed by atoms with Crippen molar-refractivity contribution in [3.05, 3.63) is 71.8 Å². The zero-order valence-corrected chi connectivity index (χ0v) is 15.0. The lowest BCUT2D eigenvalue weighted by molar-refractivity contribution is -0.143. The normalized spacial score (nSPS) is 19.0. The van der Waals surface area contributed by atoms with Crippen LogP contribution in [0, 0.1) is 0 Å². The lowest BCUT2D eigenvalue weighted by atomic mass is 10.0. The van der Waals surface area contributed by atoms with Crippen LogP contribution in [0.4, 0.5) is 0 Å². The van der Waals surface area contributed by atoms with Gasteiger partial charge >= 0.3 is 0 Å². The Morgan fingerprint density at radius 1 is 0.846 bits per heavy atom. The van der Waals surface area contributed by atoms with Gasteiger partial charge in [-0.1, -0.05) is 60.7 Å². The fourth-order valence-electron chi connectivity index (χ4n) is 3.43. The second kappa shape index (κ2) is 8.45. The Kier molecular flexibility index (Phi) is 6.04. The van der Waals surface area contributed by atoms with Gasteiger partial charge in [-0.15, -0.1) is 0 Å². The molecule has 1 amide bonds. The van der Waals surface area contributed by atoms with Gasteiger partial charge in [0, 0.05) is 32.2 Å². The number of carbonyl (C=O) groups excluding carboxylic acids is 1. The van der Waals surface area contributed by atoms with E-state index >= 15 is 0 Å². The van der Waals surface area contributed by atoms with Crippen LogP contribution < -0.4 is 0 Å². The van der Waals surface area contributed by atoms with Crippen LogP contribution in [-0.4, -0.2) is 58.1 Å². The van der Waals surface area contributed by atoms with Crippen molar-refractivity contribution in [3.8, 4) is 0 Å². The van der Waals surface area contributed by atoms with E-state index < -0.39 is 12.2 Å². The molecule has 1 aliphatic heterocycles. The van der Waals surface area contributed by atoms with Crippen LogP contribution in [0.15, 0.2) is 60.7 Å². The Morgan fingerprint density at radius 3 is 1.88 bits per heavy atom. The van der Waals surface area contributed by atoms with Crippen LogP contribution in [0.1, 0.15) is 30.3 Å². The molecule has 3 atom stereocenters. The summed E-state index contributed by atoms with van der Waals surface area (Å²) >= 11 is 0. The molecule has 3 unspecified atom stereocenters. The monoisotopic (exact) mass is 354 g/mol. The van der Waals surface area contributed by atoms with Gasteiger partial charge in [-0.05, 0) is 18.1 Å². The summed E-state index contributed by atoms with van der Waals surface area (Å²) in [5.41, 5.74) is 1.52. The van der Waals surface area contributed by atoms with Gasteiger partial charge in [0.2, 0.25) is 0 Å². The summed E-state index contributed by atoms with van der Waals surface area (Å²) in [7, 11) is 0. The number of benzene rings is 2. The van der Waals surface area contributed by atoms with Crippen molar-refractivity contribution in [3.63, 3.8) is 0 Å². The first-order chi connectivity index (χ1) is 12.6. The number of rotatable bonds is 5. The molecule has 1 saturated heterocycles. The summed E-state index contributed by atoms with van der Waals surface area (Å²) in [6, 6.07) is 18.6. The van der Waals surface area contributed by atoms with Gasteiger partial charge in [0.1, 0.15) is 0 Å². The van der Waals surface area contributed by atoms with Gasteiger partial charge < -0.3 is 15.1 Å². The zero-order chi connectivity index (χ0) is 18.5. The highest BCUT2D eigenvalue weighted by Crippen LogP contribution is 2.23. The standard InChI is InChI=1S/C21H26N2O3/c1-16(19(24)17-8-4-2-5-9-17)22-12-14-23(15-13-22)21(26)20(25)18-10-6-3-7-11-18/h2-11,16,19-20,24-25H,12-15H2,1H3. The highest BCUT2D eigenvalue weighted by atomic mass is 16.3. The number of carbonyl (C=O) groups is 1. The van der Waals surface area contributed by atoms with Crippen LogP contribution in [0.5, 0.6) is 0 Å². The predicted molar refractivity (Wildman–Crippen MR) is 100 cm³/mol. The highest BCUT2D eigenvalue weighted by molar-refractivity contribution is 5.82. The smallest absolute Gasteiger partial charge is 0.256 e. The van der Waals surface area contributed by atoms with Crippen LogP contribution in [0.25, 0.3) is 0 Å². The van der Waals surface area contributed by atoms with E-state index in [0.29, 0.717) is 31.7 Å². The molecule has 2 N–H and O–H groups in total. The van der Waals surface area contributed by atoms with Crippen LogP contribution in [0.2, 0.25) is 0 Å². The quantitative estimate of drug-likeness (QED) is 0.862. The van der Waals surface area contributed by atoms with E-state index in [-0.39, 0.29) is 11.9 Å². The number of piperazine rings is 1. The van der Waals surface area contributed by atoms with Gasteiger partial charge in [-0.3, -0.25) is 9.69 Å². The van der Waals surface area contributed by atoms with Crippen molar-refractivity contribution in [2.45, 2.75) is 25.2 Å². The number of nitrogens with zero attached hydrogens (tertiary/aromatic N) is 2. The van der Waals surface area contributed by atoms with Gasteiger partial charge in [0.25, 0.3) is 5.91 Å². The molecule has 0 aliphatic carbocycles. The third kappa shape index (κ3) is 4.12. The highest BCUT2D eigenvalue weighted by Gasteiger charge is 2.30. The first-order valence-corrected chi connectivity index (χ1v) is 9.07. The largest absolute Gasteiger partial charge is 0.387 e. The molecule has 0 radical (unpaired) electrons. The van der Waals surface area contributed by atoms with E-state index in [1.165, 1.54) is 0 Å². The lowest BCUT2D eigenvalue weighted by Gasteiger charge is -2.40. The van der Waals surface area contributed by atoms with Crippen LogP contribution in [0.3, 0.4) is 0 Å². The van der Waals surface area contributed by atoms with Gasteiger partial charge in [0.05, 0.1) is 6.10 Å². The zero-order valence-electron chi connectivity index (χ0n) is 15.0. The second-order valence-corrected chi connectivity index (χ2v) is 6.77. The Labute approximate surface area is 154 Å². The fraction of sp³-hybridized carbons (Fsp3) is 0.381. The number of aliphatic hydroxyl groups excluding tert-OH is 2. The molecule has 0 aromatic heterocycles. The fourth-order valence-corrected chi connectivity index (χ4v) is 3.43. The summed E-state index contributed by atoms with van der Waals surface area (Å²) in [4.78, 5) is 16.4. The maximum atomic E-state index is 12.5.